The predicted molar refractivity (Wildman–Crippen MR) is 81.4 cm³/mol. The van der Waals surface area contributed by atoms with E-state index in [2.05, 4.69) is 12.6 Å². The van der Waals surface area contributed by atoms with E-state index in [0.717, 1.165) is 5.56 Å². The lowest BCUT2D eigenvalue weighted by molar-refractivity contribution is -0.141. The molecule has 1 aliphatic rings. The molecule has 108 valence electrons. The standard InChI is InChI=1S/C15H19NO3S/c1-9(8-20)13(17)16-11-7-5-4-6-10(11)15(2,3)12(16)14(18)19/h4-7,9,12,20H,8H2,1-3H3,(H,18,19). The summed E-state index contributed by atoms with van der Waals surface area (Å²) in [5.74, 6) is -1.09. The predicted octanol–water partition coefficient (Wildman–Crippen LogP) is 2.33. The fraction of sp³-hybridized carbons (Fsp3) is 0.467. The topological polar surface area (TPSA) is 57.6 Å². The van der Waals surface area contributed by atoms with Crippen LogP contribution in [0, 0.1) is 5.92 Å². The molecule has 1 N–H and O–H groups in total. The van der Waals surface area contributed by atoms with E-state index in [1.165, 1.54) is 4.90 Å². The Morgan fingerprint density at radius 3 is 2.55 bits per heavy atom. The fourth-order valence-corrected chi connectivity index (χ4v) is 2.97. The lowest BCUT2D eigenvalue weighted by atomic mass is 9.80. The molecule has 0 spiro atoms. The number of benzene rings is 1. The number of nitrogens with zero attached hydrogens (tertiary/aromatic N) is 1. The number of para-hydroxylation sites is 1. The largest absolute Gasteiger partial charge is 0.480 e. The maximum atomic E-state index is 12.6. The first-order valence-electron chi connectivity index (χ1n) is 6.58. The average Bonchev–Trinajstić information content (AvgIpc) is 2.65. The van der Waals surface area contributed by atoms with Crippen molar-refractivity contribution in [1.82, 2.24) is 0 Å². The molecule has 0 aliphatic carbocycles. The van der Waals surface area contributed by atoms with Crippen molar-refractivity contribution in [3.05, 3.63) is 29.8 Å². The lowest BCUT2D eigenvalue weighted by Crippen LogP contribution is -2.51. The molecule has 0 radical (unpaired) electrons. The van der Waals surface area contributed by atoms with Crippen LogP contribution in [0.4, 0.5) is 5.69 Å². The highest BCUT2D eigenvalue weighted by molar-refractivity contribution is 7.80. The third-order valence-electron chi connectivity index (χ3n) is 3.97. The molecule has 20 heavy (non-hydrogen) atoms. The van der Waals surface area contributed by atoms with Gasteiger partial charge < -0.3 is 5.11 Å². The van der Waals surface area contributed by atoms with E-state index in [9.17, 15) is 14.7 Å². The van der Waals surface area contributed by atoms with Gasteiger partial charge in [-0.3, -0.25) is 9.69 Å². The summed E-state index contributed by atoms with van der Waals surface area (Å²) in [7, 11) is 0. The number of carbonyl (C=O) groups is 2. The van der Waals surface area contributed by atoms with Crippen LogP contribution in [0.2, 0.25) is 0 Å². The van der Waals surface area contributed by atoms with Gasteiger partial charge in [0.05, 0.1) is 0 Å². The van der Waals surface area contributed by atoms with Gasteiger partial charge in [-0.15, -0.1) is 0 Å². The van der Waals surface area contributed by atoms with Gasteiger partial charge in [0, 0.05) is 22.8 Å². The second-order valence-corrected chi connectivity index (χ2v) is 6.14. The minimum atomic E-state index is -0.981. The van der Waals surface area contributed by atoms with E-state index in [0.29, 0.717) is 11.4 Å². The van der Waals surface area contributed by atoms with E-state index in [-0.39, 0.29) is 11.8 Å². The van der Waals surface area contributed by atoms with Gasteiger partial charge in [0.25, 0.3) is 0 Å². The minimum Gasteiger partial charge on any atom is -0.480 e. The van der Waals surface area contributed by atoms with Crippen LogP contribution >= 0.6 is 12.6 Å². The quantitative estimate of drug-likeness (QED) is 0.841. The number of aliphatic carboxylic acids is 1. The molecule has 0 saturated carbocycles. The van der Waals surface area contributed by atoms with Crippen molar-refractivity contribution >= 4 is 30.2 Å². The number of hydrogen-bond acceptors (Lipinski definition) is 3. The highest BCUT2D eigenvalue weighted by Crippen LogP contribution is 2.45. The van der Waals surface area contributed by atoms with E-state index in [1.807, 2.05) is 38.1 Å². The summed E-state index contributed by atoms with van der Waals surface area (Å²) in [4.78, 5) is 25.7. The van der Waals surface area contributed by atoms with E-state index < -0.39 is 17.4 Å². The van der Waals surface area contributed by atoms with Gasteiger partial charge in [-0.1, -0.05) is 39.0 Å². The van der Waals surface area contributed by atoms with Crippen molar-refractivity contribution in [2.24, 2.45) is 5.92 Å². The number of carboxylic acids is 1. The van der Waals surface area contributed by atoms with E-state index in [1.54, 1.807) is 6.92 Å². The summed E-state index contributed by atoms with van der Waals surface area (Å²) in [6, 6.07) is 6.52. The van der Waals surface area contributed by atoms with Crippen molar-refractivity contribution in [3.63, 3.8) is 0 Å². The van der Waals surface area contributed by atoms with Gasteiger partial charge in [-0.2, -0.15) is 12.6 Å². The second kappa shape index (κ2) is 5.13. The van der Waals surface area contributed by atoms with Gasteiger partial charge in [0.1, 0.15) is 6.04 Å². The Labute approximate surface area is 124 Å². The maximum absolute atomic E-state index is 12.6. The van der Waals surface area contributed by atoms with Gasteiger partial charge in [-0.25, -0.2) is 4.79 Å². The molecular weight excluding hydrogens is 274 g/mol. The molecule has 1 amide bonds. The van der Waals surface area contributed by atoms with Crippen LogP contribution in [0.5, 0.6) is 0 Å². The molecule has 1 aliphatic heterocycles. The van der Waals surface area contributed by atoms with Gasteiger partial charge in [0.2, 0.25) is 5.91 Å². The number of carboxylic acid groups (broad SMARTS) is 1. The van der Waals surface area contributed by atoms with Crippen molar-refractivity contribution in [2.75, 3.05) is 10.7 Å². The Bertz CT molecular complexity index is 556. The minimum absolute atomic E-state index is 0.189. The molecule has 2 atom stereocenters. The first-order valence-corrected chi connectivity index (χ1v) is 7.21. The SMILES string of the molecule is CC(CS)C(=O)N1c2ccccc2C(C)(C)C1C(=O)O. The van der Waals surface area contributed by atoms with Crippen molar-refractivity contribution in [3.8, 4) is 0 Å². The third kappa shape index (κ3) is 2.10. The Morgan fingerprint density at radius 1 is 1.40 bits per heavy atom. The summed E-state index contributed by atoms with van der Waals surface area (Å²) in [6.45, 7) is 5.49. The molecule has 0 saturated heterocycles. The van der Waals surface area contributed by atoms with Gasteiger partial charge in [0.15, 0.2) is 0 Å². The highest BCUT2D eigenvalue weighted by Gasteiger charge is 2.51. The zero-order valence-electron chi connectivity index (χ0n) is 11.8. The molecule has 2 unspecified atom stereocenters. The molecule has 0 bridgehead atoms. The molecule has 2 rings (SSSR count). The molecule has 1 aromatic carbocycles. The monoisotopic (exact) mass is 293 g/mol. The molecule has 0 fully saturated rings. The Kier molecular flexibility index (Phi) is 3.82. The summed E-state index contributed by atoms with van der Waals surface area (Å²) >= 11 is 4.15. The lowest BCUT2D eigenvalue weighted by Gasteiger charge is -2.31. The van der Waals surface area contributed by atoms with Gasteiger partial charge in [-0.05, 0) is 11.6 Å². The van der Waals surface area contributed by atoms with Crippen LogP contribution in [-0.4, -0.2) is 28.8 Å². The maximum Gasteiger partial charge on any atom is 0.327 e. The first-order chi connectivity index (χ1) is 9.32. The van der Waals surface area contributed by atoms with Crippen LogP contribution in [0.1, 0.15) is 26.3 Å². The highest BCUT2D eigenvalue weighted by atomic mass is 32.1. The Hall–Kier alpha value is -1.49. The normalized spacial score (nSPS) is 21.4. The molecular formula is C15H19NO3S. The first kappa shape index (κ1) is 14.9. The van der Waals surface area contributed by atoms with Crippen LogP contribution in [0.15, 0.2) is 24.3 Å². The van der Waals surface area contributed by atoms with Crippen molar-refractivity contribution in [2.45, 2.75) is 32.2 Å². The smallest absolute Gasteiger partial charge is 0.327 e. The summed E-state index contributed by atoms with van der Waals surface area (Å²) in [5, 5.41) is 9.58. The van der Waals surface area contributed by atoms with Gasteiger partial charge >= 0.3 is 5.97 Å². The number of anilines is 1. The number of carbonyl (C=O) groups excluding carboxylic acids is 1. The summed E-state index contributed by atoms with van der Waals surface area (Å²) < 4.78 is 0. The number of hydrogen-bond donors (Lipinski definition) is 2. The molecule has 1 aromatic rings. The Balaban J connectivity index is 2.58. The summed E-state index contributed by atoms with van der Waals surface area (Å²) in [5.41, 5.74) is 0.977. The molecule has 0 aromatic heterocycles. The zero-order chi connectivity index (χ0) is 15.1. The third-order valence-corrected chi connectivity index (χ3v) is 4.51. The second-order valence-electron chi connectivity index (χ2n) is 5.77. The number of fused-ring (bicyclic) bond motifs is 1. The average molecular weight is 293 g/mol. The van der Waals surface area contributed by atoms with E-state index >= 15 is 0 Å². The van der Waals surface area contributed by atoms with Crippen LogP contribution in [0.3, 0.4) is 0 Å². The van der Waals surface area contributed by atoms with E-state index in [4.69, 9.17) is 0 Å². The number of rotatable bonds is 3. The van der Waals surface area contributed by atoms with Crippen LogP contribution in [-0.2, 0) is 15.0 Å². The molecule has 4 nitrogen and oxygen atoms in total. The fourth-order valence-electron chi connectivity index (χ4n) is 2.82. The van der Waals surface area contributed by atoms with Crippen molar-refractivity contribution in [1.29, 1.82) is 0 Å². The zero-order valence-corrected chi connectivity index (χ0v) is 12.7. The molecule has 5 heteroatoms. The van der Waals surface area contributed by atoms with Crippen LogP contribution < -0.4 is 4.90 Å². The Morgan fingerprint density at radius 2 is 2.00 bits per heavy atom. The van der Waals surface area contributed by atoms with Crippen LogP contribution in [0.25, 0.3) is 0 Å². The summed E-state index contributed by atoms with van der Waals surface area (Å²) in [6.07, 6.45) is 0. The van der Waals surface area contributed by atoms with Crippen molar-refractivity contribution < 1.29 is 14.7 Å². The molecule has 1 heterocycles. The number of amides is 1. The number of thiol groups is 1.